The Morgan fingerprint density at radius 1 is 1.26 bits per heavy atom. The summed E-state index contributed by atoms with van der Waals surface area (Å²) in [7, 11) is 1.46. The molecule has 140 valence electrons. The zero-order chi connectivity index (χ0) is 18.9. The van der Waals surface area contributed by atoms with Crippen LogP contribution in [0.3, 0.4) is 0 Å². The predicted octanol–water partition coefficient (Wildman–Crippen LogP) is 3.88. The van der Waals surface area contributed by atoms with Gasteiger partial charge in [-0.05, 0) is 36.8 Å². The van der Waals surface area contributed by atoms with Crippen LogP contribution < -0.4 is 0 Å². The number of hydrogen-bond donors (Lipinski definition) is 0. The zero-order valence-electron chi connectivity index (χ0n) is 14.6. The molecule has 0 saturated heterocycles. The number of hydrogen-bond acceptors (Lipinski definition) is 5. The quantitative estimate of drug-likeness (QED) is 0.493. The Morgan fingerprint density at radius 2 is 2.07 bits per heavy atom. The first-order valence-electron chi connectivity index (χ1n) is 8.58. The number of aromatic nitrogens is 6. The summed E-state index contributed by atoms with van der Waals surface area (Å²) in [6, 6.07) is 0.976. The van der Waals surface area contributed by atoms with Crippen molar-refractivity contribution in [3.63, 3.8) is 0 Å². The van der Waals surface area contributed by atoms with E-state index < -0.39 is 11.9 Å². The second kappa shape index (κ2) is 5.51. The highest BCUT2D eigenvalue weighted by atomic mass is 32.1. The minimum Gasteiger partial charge on any atom is -0.264 e. The van der Waals surface area contributed by atoms with Crippen LogP contribution in [-0.2, 0) is 26.1 Å². The van der Waals surface area contributed by atoms with Gasteiger partial charge in [-0.25, -0.2) is 14.5 Å². The molecule has 0 bridgehead atoms. The fraction of sp³-hybridized carbons (Fsp3) is 0.412. The molecule has 6 nitrogen and oxygen atoms in total. The maximum atomic E-state index is 13.0. The van der Waals surface area contributed by atoms with E-state index in [1.54, 1.807) is 22.2 Å². The van der Waals surface area contributed by atoms with Gasteiger partial charge in [0.25, 0.3) is 0 Å². The molecule has 0 aromatic carbocycles. The van der Waals surface area contributed by atoms with Crippen LogP contribution in [0.1, 0.15) is 29.5 Å². The Bertz CT molecular complexity index is 1190. The number of aryl methyl sites for hydroxylation is 2. The third kappa shape index (κ3) is 2.53. The fourth-order valence-electron chi connectivity index (χ4n) is 3.66. The fourth-order valence-corrected chi connectivity index (χ4v) is 5.01. The molecule has 4 aromatic heterocycles. The number of thiophene rings is 1. The van der Waals surface area contributed by atoms with Crippen molar-refractivity contribution < 1.29 is 13.2 Å². The number of rotatable bonds is 1. The average Bonchev–Trinajstić information content (AvgIpc) is 3.26. The van der Waals surface area contributed by atoms with Crippen molar-refractivity contribution in [3.8, 4) is 11.5 Å². The molecular formula is C17H15F3N6S. The smallest absolute Gasteiger partial charge is 0.264 e. The van der Waals surface area contributed by atoms with Crippen LogP contribution in [-0.4, -0.2) is 29.4 Å². The average molecular weight is 392 g/mol. The molecule has 0 unspecified atom stereocenters. The van der Waals surface area contributed by atoms with Crippen LogP contribution in [0.2, 0.25) is 0 Å². The molecule has 27 heavy (non-hydrogen) atoms. The van der Waals surface area contributed by atoms with Crippen molar-refractivity contribution in [2.45, 2.75) is 32.4 Å². The van der Waals surface area contributed by atoms with Gasteiger partial charge in [0.15, 0.2) is 17.2 Å². The van der Waals surface area contributed by atoms with E-state index in [-0.39, 0.29) is 11.5 Å². The molecule has 1 atom stereocenters. The zero-order valence-corrected chi connectivity index (χ0v) is 15.4. The number of nitrogens with zero attached hydrogens (tertiary/aromatic N) is 6. The molecule has 0 radical (unpaired) electrons. The third-order valence-corrected chi connectivity index (χ3v) is 6.19. The van der Waals surface area contributed by atoms with Gasteiger partial charge in [-0.1, -0.05) is 6.92 Å². The molecule has 5 rings (SSSR count). The predicted molar refractivity (Wildman–Crippen MR) is 94.6 cm³/mol. The van der Waals surface area contributed by atoms with Crippen molar-refractivity contribution in [2.75, 3.05) is 0 Å². The lowest BCUT2D eigenvalue weighted by Crippen LogP contribution is -2.08. The van der Waals surface area contributed by atoms with Gasteiger partial charge >= 0.3 is 6.18 Å². The summed E-state index contributed by atoms with van der Waals surface area (Å²) in [4.78, 5) is 11.3. The van der Waals surface area contributed by atoms with Crippen LogP contribution in [0.15, 0.2) is 12.4 Å². The first-order chi connectivity index (χ1) is 12.8. The summed E-state index contributed by atoms with van der Waals surface area (Å²) in [5, 5.41) is 8.87. The molecule has 1 aliphatic carbocycles. The highest BCUT2D eigenvalue weighted by Crippen LogP contribution is 2.39. The molecule has 4 aromatic rings. The van der Waals surface area contributed by atoms with E-state index in [1.165, 1.54) is 17.5 Å². The summed E-state index contributed by atoms with van der Waals surface area (Å²) in [6.07, 6.45) is 0.162. The summed E-state index contributed by atoms with van der Waals surface area (Å²) in [5.74, 6) is 0.851. The normalized spacial score (nSPS) is 17.7. The van der Waals surface area contributed by atoms with E-state index in [0.29, 0.717) is 11.6 Å². The van der Waals surface area contributed by atoms with Crippen LogP contribution in [0, 0.1) is 5.92 Å². The lowest BCUT2D eigenvalue weighted by molar-refractivity contribution is -0.141. The van der Waals surface area contributed by atoms with Crippen molar-refractivity contribution in [3.05, 3.63) is 28.5 Å². The molecule has 0 N–H and O–H groups in total. The van der Waals surface area contributed by atoms with Gasteiger partial charge in [-0.15, -0.1) is 16.4 Å². The highest BCUT2D eigenvalue weighted by molar-refractivity contribution is 7.19. The lowest BCUT2D eigenvalue weighted by Gasteiger charge is -2.17. The van der Waals surface area contributed by atoms with E-state index in [4.69, 9.17) is 0 Å². The number of halogens is 3. The first kappa shape index (κ1) is 16.7. The van der Waals surface area contributed by atoms with Crippen LogP contribution in [0.25, 0.3) is 27.4 Å². The maximum absolute atomic E-state index is 13.0. The second-order valence-electron chi connectivity index (χ2n) is 7.02. The molecular weight excluding hydrogens is 377 g/mol. The number of fused-ring (bicyclic) bond motifs is 5. The SMILES string of the molecule is C[C@@H]1CCc2c(sc3ncn4nc(-c5cc(C(F)(F)F)nn5C)nc4c23)C1. The topological polar surface area (TPSA) is 60.9 Å². The standard InChI is InChI=1S/C17H15F3N6S/c1-8-3-4-9-11(5-8)27-16-13(9)15-22-14(24-26(15)7-21-16)10-6-12(17(18,19)20)23-25(10)2/h6-8H,3-5H2,1-2H3/t8-/m1/s1. The van der Waals surface area contributed by atoms with Gasteiger partial charge in [0.2, 0.25) is 0 Å². The number of alkyl halides is 3. The maximum Gasteiger partial charge on any atom is 0.435 e. The minimum absolute atomic E-state index is 0.207. The van der Waals surface area contributed by atoms with Crippen molar-refractivity contribution in [2.24, 2.45) is 13.0 Å². The highest BCUT2D eigenvalue weighted by Gasteiger charge is 2.35. The minimum atomic E-state index is -4.51. The van der Waals surface area contributed by atoms with Gasteiger partial charge in [-0.2, -0.15) is 18.3 Å². The summed E-state index contributed by atoms with van der Waals surface area (Å²) in [5.41, 5.74) is 1.16. The molecule has 0 fully saturated rings. The monoisotopic (exact) mass is 392 g/mol. The molecule has 0 aliphatic heterocycles. The van der Waals surface area contributed by atoms with Gasteiger partial charge in [0.05, 0.1) is 5.39 Å². The van der Waals surface area contributed by atoms with Crippen LogP contribution in [0.5, 0.6) is 0 Å². The van der Waals surface area contributed by atoms with Gasteiger partial charge in [0, 0.05) is 11.9 Å². The Labute approximate surface area is 155 Å². The molecule has 10 heteroatoms. The van der Waals surface area contributed by atoms with E-state index in [0.717, 1.165) is 40.2 Å². The Kier molecular flexibility index (Phi) is 3.40. The van der Waals surface area contributed by atoms with Gasteiger partial charge < -0.3 is 0 Å². The van der Waals surface area contributed by atoms with E-state index >= 15 is 0 Å². The van der Waals surface area contributed by atoms with Crippen molar-refractivity contribution >= 4 is 27.2 Å². The lowest BCUT2D eigenvalue weighted by atomic mass is 9.89. The summed E-state index contributed by atoms with van der Waals surface area (Å²) >= 11 is 1.68. The van der Waals surface area contributed by atoms with Gasteiger partial charge in [-0.3, -0.25) is 4.68 Å². The molecule has 4 heterocycles. The molecule has 0 saturated carbocycles. The Balaban J connectivity index is 1.70. The van der Waals surface area contributed by atoms with Crippen LogP contribution >= 0.6 is 11.3 Å². The Hall–Kier alpha value is -2.49. The second-order valence-corrected chi connectivity index (χ2v) is 8.10. The molecule has 1 aliphatic rings. The molecule has 0 amide bonds. The first-order valence-corrected chi connectivity index (χ1v) is 9.40. The van der Waals surface area contributed by atoms with E-state index in [9.17, 15) is 13.2 Å². The third-order valence-electron chi connectivity index (χ3n) is 5.03. The summed E-state index contributed by atoms with van der Waals surface area (Å²) in [6.45, 7) is 2.24. The van der Waals surface area contributed by atoms with Crippen LogP contribution in [0.4, 0.5) is 13.2 Å². The van der Waals surface area contributed by atoms with Crippen molar-refractivity contribution in [1.82, 2.24) is 29.4 Å². The Morgan fingerprint density at radius 3 is 2.81 bits per heavy atom. The van der Waals surface area contributed by atoms with Crippen molar-refractivity contribution in [1.29, 1.82) is 0 Å². The van der Waals surface area contributed by atoms with E-state index in [2.05, 4.69) is 27.1 Å². The van der Waals surface area contributed by atoms with E-state index in [1.807, 2.05) is 0 Å². The largest absolute Gasteiger partial charge is 0.435 e. The molecule has 0 spiro atoms. The summed E-state index contributed by atoms with van der Waals surface area (Å²) < 4.78 is 41.6. The van der Waals surface area contributed by atoms with Gasteiger partial charge in [0.1, 0.15) is 16.9 Å².